The van der Waals surface area contributed by atoms with Gasteiger partial charge in [-0.25, -0.2) is 9.59 Å². The van der Waals surface area contributed by atoms with Gasteiger partial charge in [0.15, 0.2) is 0 Å². The molecule has 0 aromatic rings. The predicted molar refractivity (Wildman–Crippen MR) is 75.6 cm³/mol. The van der Waals surface area contributed by atoms with Gasteiger partial charge >= 0.3 is 12.0 Å². The van der Waals surface area contributed by atoms with Crippen molar-refractivity contribution in [2.24, 2.45) is 11.8 Å². The SMILES string of the molecule is CCC(C)[C@H](NC(=O)NC(C)C1CCOCC1)C(=O)O. The Hall–Kier alpha value is -1.30. The van der Waals surface area contributed by atoms with E-state index in [0.717, 1.165) is 26.1 Å². The van der Waals surface area contributed by atoms with Gasteiger partial charge in [0.05, 0.1) is 0 Å². The summed E-state index contributed by atoms with van der Waals surface area (Å²) in [7, 11) is 0. The van der Waals surface area contributed by atoms with Gasteiger partial charge in [0, 0.05) is 19.3 Å². The third-order valence-corrected chi connectivity index (χ3v) is 4.10. The van der Waals surface area contributed by atoms with Crippen LogP contribution in [-0.4, -0.2) is 42.4 Å². The number of hydrogen-bond donors (Lipinski definition) is 3. The smallest absolute Gasteiger partial charge is 0.326 e. The number of carbonyl (C=O) groups is 2. The van der Waals surface area contributed by atoms with Crippen LogP contribution in [0.25, 0.3) is 0 Å². The highest BCUT2D eigenvalue weighted by molar-refractivity contribution is 5.82. The second-order valence-electron chi connectivity index (χ2n) is 5.56. The lowest BCUT2D eigenvalue weighted by atomic mass is 9.93. The fraction of sp³-hybridized carbons (Fsp3) is 0.857. The van der Waals surface area contributed by atoms with Crippen LogP contribution >= 0.6 is 0 Å². The number of carbonyl (C=O) groups excluding carboxylic acids is 1. The Kier molecular flexibility index (Phi) is 6.78. The number of ether oxygens (including phenoxy) is 1. The molecule has 0 aliphatic carbocycles. The molecule has 0 spiro atoms. The molecule has 0 bridgehead atoms. The van der Waals surface area contributed by atoms with E-state index >= 15 is 0 Å². The number of aliphatic carboxylic acids is 1. The largest absolute Gasteiger partial charge is 0.480 e. The molecule has 0 aromatic heterocycles. The van der Waals surface area contributed by atoms with Crippen molar-refractivity contribution in [1.82, 2.24) is 10.6 Å². The molecule has 2 amide bonds. The van der Waals surface area contributed by atoms with Crippen LogP contribution in [-0.2, 0) is 9.53 Å². The number of urea groups is 1. The zero-order chi connectivity index (χ0) is 15.1. The monoisotopic (exact) mass is 286 g/mol. The number of amides is 2. The molecule has 6 nitrogen and oxygen atoms in total. The highest BCUT2D eigenvalue weighted by Crippen LogP contribution is 2.18. The number of carboxylic acid groups (broad SMARTS) is 1. The summed E-state index contributed by atoms with van der Waals surface area (Å²) in [4.78, 5) is 23.1. The standard InChI is InChI=1S/C14H26N2O4/c1-4-9(2)12(13(17)18)16-14(19)15-10(3)11-5-7-20-8-6-11/h9-12H,4-8H2,1-3H3,(H,17,18)(H2,15,16,19)/t9?,10?,12-/m0/s1. The topological polar surface area (TPSA) is 87.7 Å². The summed E-state index contributed by atoms with van der Waals surface area (Å²) >= 11 is 0. The summed E-state index contributed by atoms with van der Waals surface area (Å²) in [5.74, 6) is -0.703. The molecule has 20 heavy (non-hydrogen) atoms. The van der Waals surface area contributed by atoms with Gasteiger partial charge in [0.2, 0.25) is 0 Å². The third kappa shape index (κ3) is 5.00. The molecule has 1 heterocycles. The molecule has 6 heteroatoms. The Morgan fingerprint density at radius 2 is 1.85 bits per heavy atom. The van der Waals surface area contributed by atoms with Crippen molar-refractivity contribution in [2.75, 3.05) is 13.2 Å². The molecule has 0 radical (unpaired) electrons. The number of rotatable bonds is 6. The molecule has 1 saturated heterocycles. The average molecular weight is 286 g/mol. The minimum atomic E-state index is -0.992. The lowest BCUT2D eigenvalue weighted by molar-refractivity contribution is -0.140. The Bertz CT molecular complexity index is 329. The lowest BCUT2D eigenvalue weighted by Crippen LogP contribution is -2.52. The maximum Gasteiger partial charge on any atom is 0.326 e. The van der Waals surface area contributed by atoms with Crippen molar-refractivity contribution in [3.8, 4) is 0 Å². The summed E-state index contributed by atoms with van der Waals surface area (Å²) in [6.45, 7) is 7.13. The molecule has 1 aliphatic rings. The lowest BCUT2D eigenvalue weighted by Gasteiger charge is -2.29. The van der Waals surface area contributed by atoms with Crippen molar-refractivity contribution < 1.29 is 19.4 Å². The second kappa shape index (κ2) is 8.09. The summed E-state index contributed by atoms with van der Waals surface area (Å²) in [5, 5.41) is 14.5. The zero-order valence-corrected chi connectivity index (χ0v) is 12.5. The number of nitrogens with one attached hydrogen (secondary N) is 2. The molecule has 116 valence electrons. The van der Waals surface area contributed by atoms with Gasteiger partial charge in [-0.3, -0.25) is 0 Å². The fourth-order valence-electron chi connectivity index (χ4n) is 2.41. The molecule has 0 saturated carbocycles. The summed E-state index contributed by atoms with van der Waals surface area (Å²) in [6, 6.07) is -1.23. The summed E-state index contributed by atoms with van der Waals surface area (Å²) in [6.07, 6.45) is 2.55. The molecular weight excluding hydrogens is 260 g/mol. The van der Waals surface area contributed by atoms with E-state index in [9.17, 15) is 9.59 Å². The van der Waals surface area contributed by atoms with Crippen molar-refractivity contribution in [1.29, 1.82) is 0 Å². The van der Waals surface area contributed by atoms with Gasteiger partial charge in [0.25, 0.3) is 0 Å². The number of hydrogen-bond acceptors (Lipinski definition) is 3. The molecule has 0 aromatic carbocycles. The predicted octanol–water partition coefficient (Wildman–Crippen LogP) is 1.60. The molecule has 3 N–H and O–H groups in total. The van der Waals surface area contributed by atoms with Crippen molar-refractivity contribution >= 4 is 12.0 Å². The van der Waals surface area contributed by atoms with Crippen LogP contribution in [0.1, 0.15) is 40.0 Å². The maximum absolute atomic E-state index is 11.9. The van der Waals surface area contributed by atoms with Crippen molar-refractivity contribution in [2.45, 2.75) is 52.1 Å². The normalized spacial score (nSPS) is 20.8. The van der Waals surface area contributed by atoms with Gasteiger partial charge in [-0.2, -0.15) is 0 Å². The van der Waals surface area contributed by atoms with E-state index in [4.69, 9.17) is 9.84 Å². The van der Waals surface area contributed by atoms with Crippen LogP contribution in [0, 0.1) is 11.8 Å². The molecule has 1 aliphatic heterocycles. The van der Waals surface area contributed by atoms with E-state index in [-0.39, 0.29) is 12.0 Å². The Balaban J connectivity index is 2.46. The van der Waals surface area contributed by atoms with E-state index < -0.39 is 18.0 Å². The maximum atomic E-state index is 11.9. The minimum Gasteiger partial charge on any atom is -0.480 e. The van der Waals surface area contributed by atoms with Crippen LogP contribution in [0.2, 0.25) is 0 Å². The first-order valence-corrected chi connectivity index (χ1v) is 7.33. The Morgan fingerprint density at radius 3 is 2.35 bits per heavy atom. The van der Waals surface area contributed by atoms with E-state index in [2.05, 4.69) is 10.6 Å². The Labute approximate surface area is 120 Å². The van der Waals surface area contributed by atoms with Crippen LogP contribution in [0.4, 0.5) is 4.79 Å². The zero-order valence-electron chi connectivity index (χ0n) is 12.5. The van der Waals surface area contributed by atoms with Crippen LogP contribution < -0.4 is 10.6 Å². The number of carboxylic acids is 1. The molecule has 3 atom stereocenters. The molecule has 1 rings (SSSR count). The summed E-state index contributed by atoms with van der Waals surface area (Å²) < 4.78 is 5.29. The highest BCUT2D eigenvalue weighted by Gasteiger charge is 2.27. The minimum absolute atomic E-state index is 0.0188. The first-order valence-electron chi connectivity index (χ1n) is 7.33. The molecule has 1 fully saturated rings. The van der Waals surface area contributed by atoms with Gasteiger partial charge in [0.1, 0.15) is 6.04 Å². The van der Waals surface area contributed by atoms with Crippen molar-refractivity contribution in [3.63, 3.8) is 0 Å². The Morgan fingerprint density at radius 1 is 1.25 bits per heavy atom. The second-order valence-corrected chi connectivity index (χ2v) is 5.56. The van der Waals surface area contributed by atoms with Crippen LogP contribution in [0.3, 0.4) is 0 Å². The first-order chi connectivity index (χ1) is 9.45. The average Bonchev–Trinajstić information content (AvgIpc) is 2.44. The van der Waals surface area contributed by atoms with Gasteiger partial charge < -0.3 is 20.5 Å². The van der Waals surface area contributed by atoms with Crippen LogP contribution in [0.5, 0.6) is 0 Å². The summed E-state index contributed by atoms with van der Waals surface area (Å²) in [5.41, 5.74) is 0. The van der Waals surface area contributed by atoms with Crippen LogP contribution in [0.15, 0.2) is 0 Å². The van der Waals surface area contributed by atoms with E-state index in [1.54, 1.807) is 0 Å². The van der Waals surface area contributed by atoms with E-state index in [1.807, 2.05) is 20.8 Å². The first kappa shape index (κ1) is 16.8. The fourth-order valence-corrected chi connectivity index (χ4v) is 2.41. The molecular formula is C14H26N2O4. The molecule has 2 unspecified atom stereocenters. The van der Waals surface area contributed by atoms with Gasteiger partial charge in [-0.1, -0.05) is 20.3 Å². The quantitative estimate of drug-likeness (QED) is 0.692. The van der Waals surface area contributed by atoms with Crippen molar-refractivity contribution in [3.05, 3.63) is 0 Å². The van der Waals surface area contributed by atoms with E-state index in [1.165, 1.54) is 0 Å². The third-order valence-electron chi connectivity index (χ3n) is 4.10. The van der Waals surface area contributed by atoms with Gasteiger partial charge in [-0.05, 0) is 31.6 Å². The van der Waals surface area contributed by atoms with Gasteiger partial charge in [-0.15, -0.1) is 0 Å². The highest BCUT2D eigenvalue weighted by atomic mass is 16.5. The van der Waals surface area contributed by atoms with E-state index in [0.29, 0.717) is 12.3 Å².